The number of carbonyl (C=O) groups is 1. The zero-order valence-electron chi connectivity index (χ0n) is 13.9. The highest BCUT2D eigenvalue weighted by Gasteiger charge is 2.32. The van der Waals surface area contributed by atoms with Gasteiger partial charge >= 0.3 is 5.97 Å². The van der Waals surface area contributed by atoms with Crippen molar-refractivity contribution < 1.29 is 9.53 Å². The molecule has 4 aliphatic rings. The quantitative estimate of drug-likeness (QED) is 0.561. The minimum absolute atomic E-state index is 0.120. The third-order valence-electron chi connectivity index (χ3n) is 4.10. The van der Waals surface area contributed by atoms with Crippen molar-refractivity contribution in [1.29, 1.82) is 0 Å². The summed E-state index contributed by atoms with van der Waals surface area (Å²) in [5, 5.41) is 12.4. The number of ether oxygens (including phenoxy) is 1. The Balaban J connectivity index is 1.35. The maximum atomic E-state index is 11.8. The number of rotatable bonds is 4. The van der Waals surface area contributed by atoms with E-state index in [1.54, 1.807) is 24.2 Å². The second-order valence-electron chi connectivity index (χ2n) is 5.89. The molecule has 3 unspecified atom stereocenters. The van der Waals surface area contributed by atoms with Crippen LogP contribution in [0.2, 0.25) is 0 Å². The molecule has 0 amide bonds. The molecule has 2 fully saturated rings. The monoisotopic (exact) mass is 344 g/mol. The molecule has 4 heterocycles. The minimum Gasteiger partial charge on any atom is -0.464 e. The molecule has 0 aromatic heterocycles. The van der Waals surface area contributed by atoms with E-state index in [0.29, 0.717) is 19.6 Å². The molecule has 4 rings (SSSR count). The second-order valence-corrected chi connectivity index (χ2v) is 5.89. The number of aliphatic imine (C=N–C) groups is 2. The van der Waals surface area contributed by atoms with Gasteiger partial charge in [-0.1, -0.05) is 0 Å². The van der Waals surface area contributed by atoms with Gasteiger partial charge in [0.05, 0.1) is 13.2 Å². The number of esters is 1. The summed E-state index contributed by atoms with van der Waals surface area (Å²) in [6, 6.07) is -0.582. The first kappa shape index (κ1) is 15.9. The Hall–Kier alpha value is -2.59. The summed E-state index contributed by atoms with van der Waals surface area (Å²) < 4.78 is 5.01. The first-order valence-electron chi connectivity index (χ1n) is 8.35. The Morgan fingerprint density at radius 2 is 1.96 bits per heavy atom. The Morgan fingerprint density at radius 3 is 2.68 bits per heavy atom. The fraction of sp³-hybridized carbons (Fsp3) is 0.533. The van der Waals surface area contributed by atoms with Crippen molar-refractivity contribution in [3.8, 4) is 0 Å². The summed E-state index contributed by atoms with van der Waals surface area (Å²) in [5.74, 6) is 1.40. The summed E-state index contributed by atoms with van der Waals surface area (Å²) in [5.41, 5.74) is 6.41. The van der Waals surface area contributed by atoms with Gasteiger partial charge in [0.1, 0.15) is 24.0 Å². The fourth-order valence-corrected chi connectivity index (χ4v) is 2.95. The molecule has 0 aromatic carbocycles. The standard InChI is InChI=1S/C15H20N8O2/c1-2-25-15(24)10-4-7-23-14(17-10)9-12(21-23)19-18-11-8-13-16-5-3-6-22(13)20-11/h3-4,6-7,10-12,20-21H,2,5,8-9H2,1H3/b19-18+. The van der Waals surface area contributed by atoms with Crippen LogP contribution in [-0.4, -0.2) is 59.2 Å². The third-order valence-corrected chi connectivity index (χ3v) is 4.10. The van der Waals surface area contributed by atoms with Crippen molar-refractivity contribution in [2.24, 2.45) is 20.2 Å². The average molecular weight is 344 g/mol. The van der Waals surface area contributed by atoms with Crippen LogP contribution in [-0.2, 0) is 9.53 Å². The van der Waals surface area contributed by atoms with Crippen LogP contribution in [0.1, 0.15) is 19.8 Å². The number of hydrogen-bond donors (Lipinski definition) is 2. The highest BCUT2D eigenvalue weighted by Crippen LogP contribution is 2.19. The summed E-state index contributed by atoms with van der Waals surface area (Å²) in [4.78, 5) is 20.6. The van der Waals surface area contributed by atoms with Crippen LogP contribution in [0.5, 0.6) is 0 Å². The van der Waals surface area contributed by atoms with Crippen LogP contribution in [0.25, 0.3) is 0 Å². The fourth-order valence-electron chi connectivity index (χ4n) is 2.95. The SMILES string of the molecule is CCOC(=O)C1C=CN2NC(/N=N/C3CC4=NCC=CN4N3)CC2=N1. The predicted molar refractivity (Wildman–Crippen MR) is 90.1 cm³/mol. The number of azo groups is 1. The van der Waals surface area contributed by atoms with E-state index in [0.717, 1.165) is 18.1 Å². The van der Waals surface area contributed by atoms with Gasteiger partial charge in [-0.2, -0.15) is 10.2 Å². The maximum Gasteiger partial charge on any atom is 0.335 e. The first-order valence-corrected chi connectivity index (χ1v) is 8.35. The molecule has 2 saturated heterocycles. The number of fused-ring (bicyclic) bond motifs is 2. The van der Waals surface area contributed by atoms with Gasteiger partial charge in [0, 0.05) is 25.2 Å². The lowest BCUT2D eigenvalue weighted by molar-refractivity contribution is -0.143. The maximum absolute atomic E-state index is 11.8. The van der Waals surface area contributed by atoms with E-state index in [1.165, 1.54) is 0 Å². The Morgan fingerprint density at radius 1 is 1.24 bits per heavy atom. The summed E-state index contributed by atoms with van der Waals surface area (Å²) >= 11 is 0. The molecule has 25 heavy (non-hydrogen) atoms. The van der Waals surface area contributed by atoms with Gasteiger partial charge in [-0.15, -0.1) is 0 Å². The van der Waals surface area contributed by atoms with Gasteiger partial charge in [-0.05, 0) is 19.1 Å². The molecule has 0 aromatic rings. The molecule has 3 atom stereocenters. The van der Waals surface area contributed by atoms with Crippen LogP contribution in [0.4, 0.5) is 0 Å². The molecule has 10 heteroatoms. The van der Waals surface area contributed by atoms with Crippen molar-refractivity contribution >= 4 is 17.6 Å². The van der Waals surface area contributed by atoms with Crippen LogP contribution in [0.3, 0.4) is 0 Å². The lowest BCUT2D eigenvalue weighted by Crippen LogP contribution is -2.36. The number of nitrogens with one attached hydrogen (secondary N) is 2. The van der Waals surface area contributed by atoms with E-state index in [9.17, 15) is 4.79 Å². The predicted octanol–water partition coefficient (Wildman–Crippen LogP) is 0.295. The van der Waals surface area contributed by atoms with E-state index >= 15 is 0 Å². The van der Waals surface area contributed by atoms with E-state index in [1.807, 2.05) is 17.3 Å². The molecule has 2 N–H and O–H groups in total. The van der Waals surface area contributed by atoms with E-state index < -0.39 is 6.04 Å². The summed E-state index contributed by atoms with van der Waals surface area (Å²) in [6.45, 7) is 2.84. The third kappa shape index (κ3) is 3.30. The lowest BCUT2D eigenvalue weighted by atomic mass is 10.2. The Labute approximate surface area is 145 Å². The Bertz CT molecular complexity index is 698. The van der Waals surface area contributed by atoms with Gasteiger partial charge in [-0.3, -0.25) is 20.0 Å². The first-order chi connectivity index (χ1) is 12.2. The number of amidine groups is 2. The highest BCUT2D eigenvalue weighted by molar-refractivity contribution is 5.90. The highest BCUT2D eigenvalue weighted by atomic mass is 16.5. The molecular weight excluding hydrogens is 324 g/mol. The smallest absolute Gasteiger partial charge is 0.335 e. The van der Waals surface area contributed by atoms with Crippen molar-refractivity contribution in [1.82, 2.24) is 20.9 Å². The molecular formula is C15H20N8O2. The van der Waals surface area contributed by atoms with Crippen LogP contribution in [0.15, 0.2) is 44.8 Å². The number of carbonyl (C=O) groups excluding carboxylic acids is 1. The van der Waals surface area contributed by atoms with Gasteiger partial charge in [0.25, 0.3) is 0 Å². The topological polar surface area (TPSA) is 106 Å². The Kier molecular flexibility index (Phi) is 4.28. The van der Waals surface area contributed by atoms with Crippen molar-refractivity contribution in [2.75, 3.05) is 13.2 Å². The van der Waals surface area contributed by atoms with E-state index in [2.05, 4.69) is 31.1 Å². The van der Waals surface area contributed by atoms with Crippen molar-refractivity contribution in [2.45, 2.75) is 38.1 Å². The minimum atomic E-state index is -0.582. The molecule has 0 bridgehead atoms. The van der Waals surface area contributed by atoms with Gasteiger partial charge < -0.3 is 4.74 Å². The second kappa shape index (κ2) is 6.73. The van der Waals surface area contributed by atoms with Gasteiger partial charge in [0.2, 0.25) is 0 Å². The average Bonchev–Trinajstić information content (AvgIpc) is 3.22. The molecule has 0 saturated carbocycles. The molecule has 0 spiro atoms. The van der Waals surface area contributed by atoms with Crippen LogP contribution in [0, 0.1) is 0 Å². The van der Waals surface area contributed by atoms with Crippen LogP contribution >= 0.6 is 0 Å². The molecule has 4 aliphatic heterocycles. The van der Waals surface area contributed by atoms with Gasteiger partial charge in [0.15, 0.2) is 6.04 Å². The lowest BCUT2D eigenvalue weighted by Gasteiger charge is -2.20. The van der Waals surface area contributed by atoms with Gasteiger partial charge in [-0.25, -0.2) is 15.6 Å². The largest absolute Gasteiger partial charge is 0.464 e. The normalized spacial score (nSPS) is 30.4. The number of hydrazine groups is 2. The van der Waals surface area contributed by atoms with E-state index in [4.69, 9.17) is 4.74 Å². The zero-order valence-corrected chi connectivity index (χ0v) is 13.9. The number of hydrogen-bond acceptors (Lipinski definition) is 10. The summed E-state index contributed by atoms with van der Waals surface area (Å²) in [7, 11) is 0. The zero-order chi connectivity index (χ0) is 17.2. The summed E-state index contributed by atoms with van der Waals surface area (Å²) in [6.07, 6.45) is 8.39. The molecule has 0 radical (unpaired) electrons. The van der Waals surface area contributed by atoms with Crippen LogP contribution < -0.4 is 10.9 Å². The van der Waals surface area contributed by atoms with Crippen molar-refractivity contribution in [3.63, 3.8) is 0 Å². The van der Waals surface area contributed by atoms with E-state index in [-0.39, 0.29) is 18.3 Å². The molecule has 132 valence electrons. The number of nitrogens with zero attached hydrogens (tertiary/aromatic N) is 6. The molecule has 0 aliphatic carbocycles. The van der Waals surface area contributed by atoms with Crippen molar-refractivity contribution in [3.05, 3.63) is 24.6 Å². The molecule has 10 nitrogen and oxygen atoms in total.